The normalized spacial score (nSPS) is 9.93. The minimum atomic E-state index is -1.41. The first-order valence-electron chi connectivity index (χ1n) is 4.29. The number of ketones is 1. The van der Waals surface area contributed by atoms with Crippen molar-refractivity contribution in [1.82, 2.24) is 0 Å². The van der Waals surface area contributed by atoms with Crippen molar-refractivity contribution in [3.05, 3.63) is 34.4 Å². The molecule has 0 saturated carbocycles. The van der Waals surface area contributed by atoms with Gasteiger partial charge in [-0.1, -0.05) is 12.1 Å². The van der Waals surface area contributed by atoms with Crippen molar-refractivity contribution in [2.75, 3.05) is 0 Å². The number of aliphatic carboxylic acids is 1. The van der Waals surface area contributed by atoms with E-state index in [2.05, 4.69) is 0 Å². The highest BCUT2D eigenvalue weighted by Crippen LogP contribution is 2.17. The first-order chi connectivity index (χ1) is 6.45. The highest BCUT2D eigenvalue weighted by atomic mass is 16.4. The van der Waals surface area contributed by atoms with Gasteiger partial charge in [0.15, 0.2) is 0 Å². The average molecular weight is 192 g/mol. The van der Waals surface area contributed by atoms with Crippen LogP contribution in [-0.4, -0.2) is 16.9 Å². The van der Waals surface area contributed by atoms with Crippen LogP contribution in [0.4, 0.5) is 0 Å². The fraction of sp³-hybridized carbons (Fsp3) is 0.273. The van der Waals surface area contributed by atoms with Gasteiger partial charge >= 0.3 is 5.97 Å². The third-order valence-electron chi connectivity index (χ3n) is 2.50. The van der Waals surface area contributed by atoms with Gasteiger partial charge in [-0.3, -0.25) is 4.79 Å². The molecule has 0 aliphatic heterocycles. The molecule has 0 aromatic heterocycles. The van der Waals surface area contributed by atoms with Crippen molar-refractivity contribution >= 4 is 11.8 Å². The van der Waals surface area contributed by atoms with E-state index in [1.54, 1.807) is 19.1 Å². The van der Waals surface area contributed by atoms with Crippen molar-refractivity contribution in [3.63, 3.8) is 0 Å². The lowest BCUT2D eigenvalue weighted by Crippen LogP contribution is -2.14. The first kappa shape index (κ1) is 10.4. The maximum absolute atomic E-state index is 11.2. The number of Topliss-reactive ketones (excluding diaryl/α,β-unsaturated/α-hetero) is 1. The van der Waals surface area contributed by atoms with Gasteiger partial charge in [-0.15, -0.1) is 0 Å². The maximum atomic E-state index is 11.2. The molecule has 0 heterocycles. The quantitative estimate of drug-likeness (QED) is 0.575. The van der Waals surface area contributed by atoms with Gasteiger partial charge < -0.3 is 5.11 Å². The predicted octanol–water partition coefficient (Wildman–Crippen LogP) is 1.88. The van der Waals surface area contributed by atoms with Crippen molar-refractivity contribution in [2.24, 2.45) is 0 Å². The summed E-state index contributed by atoms with van der Waals surface area (Å²) in [6.45, 7) is 5.57. The van der Waals surface area contributed by atoms with E-state index < -0.39 is 11.8 Å². The van der Waals surface area contributed by atoms with Crippen LogP contribution in [-0.2, 0) is 4.79 Å². The van der Waals surface area contributed by atoms with E-state index in [0.29, 0.717) is 0 Å². The third-order valence-corrected chi connectivity index (χ3v) is 2.50. The molecule has 3 heteroatoms. The minimum absolute atomic E-state index is 0.278. The highest BCUT2D eigenvalue weighted by molar-refractivity contribution is 6.40. The summed E-state index contributed by atoms with van der Waals surface area (Å²) in [7, 11) is 0. The van der Waals surface area contributed by atoms with Crippen LogP contribution in [0.1, 0.15) is 27.0 Å². The Bertz CT molecular complexity index is 405. The van der Waals surface area contributed by atoms with E-state index in [4.69, 9.17) is 5.11 Å². The van der Waals surface area contributed by atoms with Crippen molar-refractivity contribution in [2.45, 2.75) is 20.8 Å². The number of benzene rings is 1. The van der Waals surface area contributed by atoms with Crippen molar-refractivity contribution < 1.29 is 14.7 Å². The number of aryl methyl sites for hydroxylation is 1. The van der Waals surface area contributed by atoms with Crippen LogP contribution in [0, 0.1) is 20.8 Å². The van der Waals surface area contributed by atoms with Crippen molar-refractivity contribution in [1.29, 1.82) is 0 Å². The van der Waals surface area contributed by atoms with Crippen LogP contribution in [0.5, 0.6) is 0 Å². The molecular formula is C11H12O3. The fourth-order valence-corrected chi connectivity index (χ4v) is 1.32. The number of rotatable bonds is 2. The smallest absolute Gasteiger partial charge is 0.377 e. The van der Waals surface area contributed by atoms with Crippen LogP contribution in [0.3, 0.4) is 0 Å². The molecule has 14 heavy (non-hydrogen) atoms. The summed E-state index contributed by atoms with van der Waals surface area (Å²) < 4.78 is 0. The summed E-state index contributed by atoms with van der Waals surface area (Å²) in [4.78, 5) is 21.7. The lowest BCUT2D eigenvalue weighted by atomic mass is 9.96. The van der Waals surface area contributed by atoms with Crippen LogP contribution >= 0.6 is 0 Å². The molecule has 0 unspecified atom stereocenters. The Balaban J connectivity index is 3.31. The molecule has 74 valence electrons. The summed E-state index contributed by atoms with van der Waals surface area (Å²) in [6.07, 6.45) is 0. The second-order valence-corrected chi connectivity index (χ2v) is 3.31. The molecule has 0 saturated heterocycles. The van der Waals surface area contributed by atoms with Crippen LogP contribution in [0.2, 0.25) is 0 Å². The summed E-state index contributed by atoms with van der Waals surface area (Å²) in [6, 6.07) is 3.33. The largest absolute Gasteiger partial charge is 0.475 e. The van der Waals surface area contributed by atoms with E-state index in [9.17, 15) is 9.59 Å². The predicted molar refractivity (Wildman–Crippen MR) is 52.6 cm³/mol. The Labute approximate surface area is 82.4 Å². The standard InChI is InChI=1S/C11H12O3/c1-6-4-5-9(8(3)7(6)2)10(12)11(13)14/h4-5H,1-3H3,(H,13,14). The van der Waals surface area contributed by atoms with Gasteiger partial charge in [0.25, 0.3) is 5.78 Å². The topological polar surface area (TPSA) is 54.4 Å². The zero-order valence-electron chi connectivity index (χ0n) is 8.42. The lowest BCUT2D eigenvalue weighted by molar-refractivity contribution is -0.131. The Morgan fingerprint density at radius 2 is 1.64 bits per heavy atom. The van der Waals surface area contributed by atoms with Crippen molar-refractivity contribution in [3.8, 4) is 0 Å². The Morgan fingerprint density at radius 3 is 2.14 bits per heavy atom. The summed E-state index contributed by atoms with van der Waals surface area (Å²) >= 11 is 0. The second kappa shape index (κ2) is 3.62. The zero-order valence-corrected chi connectivity index (χ0v) is 8.42. The highest BCUT2D eigenvalue weighted by Gasteiger charge is 2.17. The van der Waals surface area contributed by atoms with Crippen LogP contribution in [0.15, 0.2) is 12.1 Å². The van der Waals surface area contributed by atoms with Gasteiger partial charge in [0.05, 0.1) is 0 Å². The van der Waals surface area contributed by atoms with Gasteiger partial charge in [0, 0.05) is 5.56 Å². The molecule has 0 radical (unpaired) electrons. The molecular weight excluding hydrogens is 180 g/mol. The molecule has 0 amide bonds. The van der Waals surface area contributed by atoms with E-state index in [1.807, 2.05) is 13.8 Å². The molecule has 1 rings (SSSR count). The second-order valence-electron chi connectivity index (χ2n) is 3.31. The van der Waals surface area contributed by atoms with Crippen LogP contribution in [0.25, 0.3) is 0 Å². The van der Waals surface area contributed by atoms with Gasteiger partial charge in [-0.25, -0.2) is 4.79 Å². The van der Waals surface area contributed by atoms with E-state index in [0.717, 1.165) is 16.7 Å². The Kier molecular flexibility index (Phi) is 2.70. The molecule has 0 aliphatic rings. The number of carbonyl (C=O) groups excluding carboxylic acids is 1. The molecule has 0 atom stereocenters. The molecule has 1 aromatic rings. The number of carbonyl (C=O) groups is 2. The first-order valence-corrected chi connectivity index (χ1v) is 4.29. The number of carboxylic acid groups (broad SMARTS) is 1. The summed E-state index contributed by atoms with van der Waals surface area (Å²) in [5.74, 6) is -2.25. The van der Waals surface area contributed by atoms with E-state index >= 15 is 0 Å². The lowest BCUT2D eigenvalue weighted by Gasteiger charge is -2.07. The molecule has 0 spiro atoms. The SMILES string of the molecule is Cc1ccc(C(=O)C(=O)O)c(C)c1C. The number of hydrogen-bond acceptors (Lipinski definition) is 2. The van der Waals surface area contributed by atoms with E-state index in [-0.39, 0.29) is 5.56 Å². The summed E-state index contributed by atoms with van der Waals surface area (Å²) in [5, 5.41) is 8.57. The van der Waals surface area contributed by atoms with Gasteiger partial charge in [-0.2, -0.15) is 0 Å². The molecule has 3 nitrogen and oxygen atoms in total. The molecule has 1 aromatic carbocycles. The fourth-order valence-electron chi connectivity index (χ4n) is 1.32. The third kappa shape index (κ3) is 1.66. The molecule has 1 N–H and O–H groups in total. The Morgan fingerprint density at radius 1 is 1.07 bits per heavy atom. The molecule has 0 bridgehead atoms. The van der Waals surface area contributed by atoms with Gasteiger partial charge in [0.2, 0.25) is 0 Å². The minimum Gasteiger partial charge on any atom is -0.475 e. The number of hydrogen-bond donors (Lipinski definition) is 1. The molecule has 0 fully saturated rings. The van der Waals surface area contributed by atoms with Gasteiger partial charge in [-0.05, 0) is 37.5 Å². The maximum Gasteiger partial charge on any atom is 0.377 e. The number of carboxylic acids is 1. The molecule has 0 aliphatic carbocycles. The Hall–Kier alpha value is -1.64. The monoisotopic (exact) mass is 192 g/mol. The van der Waals surface area contributed by atoms with E-state index in [1.165, 1.54) is 0 Å². The average Bonchev–Trinajstić information content (AvgIpc) is 2.13. The van der Waals surface area contributed by atoms with Gasteiger partial charge in [0.1, 0.15) is 0 Å². The van der Waals surface area contributed by atoms with Crippen LogP contribution < -0.4 is 0 Å². The summed E-state index contributed by atoms with van der Waals surface area (Å²) in [5.41, 5.74) is 3.06. The zero-order chi connectivity index (χ0) is 10.9.